The zero-order valence-electron chi connectivity index (χ0n) is 12.2. The number of nitriles is 1. The molecule has 0 spiro atoms. The van der Waals surface area contributed by atoms with Gasteiger partial charge in [0.2, 0.25) is 0 Å². The number of hydrogen-bond acceptors (Lipinski definition) is 3. The van der Waals surface area contributed by atoms with Crippen molar-refractivity contribution in [2.75, 3.05) is 11.9 Å². The summed E-state index contributed by atoms with van der Waals surface area (Å²) in [6, 6.07) is 8.35. The average Bonchev–Trinajstić information content (AvgIpc) is 2.38. The van der Waals surface area contributed by atoms with Crippen LogP contribution in [0.3, 0.4) is 0 Å². The Bertz CT molecular complexity index is 536. The molecular formula is C15H19N3O2. The van der Waals surface area contributed by atoms with Gasteiger partial charge in [-0.05, 0) is 52.0 Å². The van der Waals surface area contributed by atoms with Gasteiger partial charge in [-0.15, -0.1) is 0 Å². The van der Waals surface area contributed by atoms with E-state index in [1.807, 2.05) is 33.8 Å². The Kier molecular flexibility index (Phi) is 4.87. The zero-order valence-corrected chi connectivity index (χ0v) is 12.2. The summed E-state index contributed by atoms with van der Waals surface area (Å²) in [6.07, 6.45) is 0. The minimum absolute atomic E-state index is 0.409. The lowest BCUT2D eigenvalue weighted by atomic mass is 10.1. The summed E-state index contributed by atoms with van der Waals surface area (Å²) in [7, 11) is 0. The van der Waals surface area contributed by atoms with Crippen LogP contribution in [0.25, 0.3) is 0 Å². The topological polar surface area (TPSA) is 73.2 Å². The first-order chi connectivity index (χ1) is 9.29. The molecule has 0 heterocycles. The maximum Gasteiger partial charge on any atom is 0.313 e. The Morgan fingerprint density at radius 3 is 2.20 bits per heavy atom. The quantitative estimate of drug-likeness (QED) is 0.839. The maximum absolute atomic E-state index is 12.1. The number of hydrogen-bond donors (Lipinski definition) is 1. The van der Waals surface area contributed by atoms with E-state index in [1.54, 1.807) is 24.3 Å². The first-order valence-corrected chi connectivity index (χ1v) is 6.42. The molecule has 0 aliphatic carbocycles. The molecule has 0 aliphatic rings. The second-order valence-corrected chi connectivity index (χ2v) is 5.36. The van der Waals surface area contributed by atoms with Crippen molar-refractivity contribution >= 4 is 17.5 Å². The number of benzene rings is 1. The third-order valence-corrected chi connectivity index (χ3v) is 2.84. The number of anilines is 1. The van der Waals surface area contributed by atoms with Crippen LogP contribution < -0.4 is 5.32 Å². The first-order valence-electron chi connectivity index (χ1n) is 6.42. The summed E-state index contributed by atoms with van der Waals surface area (Å²) in [5.74, 6) is -1.24. The summed E-state index contributed by atoms with van der Waals surface area (Å²) in [5, 5.41) is 11.2. The highest BCUT2D eigenvalue weighted by molar-refractivity contribution is 6.39. The van der Waals surface area contributed by atoms with Crippen molar-refractivity contribution in [2.45, 2.75) is 33.2 Å². The van der Waals surface area contributed by atoms with Gasteiger partial charge in [-0.1, -0.05) is 0 Å². The number of carbonyl (C=O) groups excluding carboxylic acids is 2. The largest absolute Gasteiger partial charge is 0.330 e. The van der Waals surface area contributed by atoms with Crippen molar-refractivity contribution in [3.05, 3.63) is 29.8 Å². The predicted molar refractivity (Wildman–Crippen MR) is 76.9 cm³/mol. The van der Waals surface area contributed by atoms with E-state index in [9.17, 15) is 9.59 Å². The van der Waals surface area contributed by atoms with Gasteiger partial charge in [0.25, 0.3) is 0 Å². The molecule has 5 nitrogen and oxygen atoms in total. The van der Waals surface area contributed by atoms with Crippen LogP contribution in [0, 0.1) is 11.3 Å². The SMILES string of the molecule is CCN(C(=O)C(=O)Nc1ccc(C#N)cc1)C(C)(C)C. The zero-order chi connectivity index (χ0) is 15.3. The highest BCUT2D eigenvalue weighted by atomic mass is 16.2. The van der Waals surface area contributed by atoms with Crippen LogP contribution in [0.4, 0.5) is 5.69 Å². The number of nitrogens with one attached hydrogen (secondary N) is 1. The van der Waals surface area contributed by atoms with E-state index in [-0.39, 0.29) is 0 Å². The molecule has 2 amide bonds. The molecule has 0 atom stereocenters. The van der Waals surface area contributed by atoms with Crippen LogP contribution in [-0.2, 0) is 9.59 Å². The van der Waals surface area contributed by atoms with Gasteiger partial charge in [0.1, 0.15) is 0 Å². The lowest BCUT2D eigenvalue weighted by Gasteiger charge is -2.34. The van der Waals surface area contributed by atoms with E-state index in [4.69, 9.17) is 5.26 Å². The molecule has 0 radical (unpaired) electrons. The van der Waals surface area contributed by atoms with E-state index in [2.05, 4.69) is 5.32 Å². The van der Waals surface area contributed by atoms with Crippen molar-refractivity contribution in [3.63, 3.8) is 0 Å². The molecule has 0 unspecified atom stereocenters. The van der Waals surface area contributed by atoms with Gasteiger partial charge >= 0.3 is 11.8 Å². The summed E-state index contributed by atoms with van der Waals surface area (Å²) < 4.78 is 0. The molecule has 20 heavy (non-hydrogen) atoms. The highest BCUT2D eigenvalue weighted by Crippen LogP contribution is 2.14. The van der Waals surface area contributed by atoms with Crippen LogP contribution in [-0.4, -0.2) is 28.8 Å². The molecule has 0 aromatic heterocycles. The molecule has 0 bridgehead atoms. The Balaban J connectivity index is 2.80. The maximum atomic E-state index is 12.1. The number of nitrogens with zero attached hydrogens (tertiary/aromatic N) is 2. The van der Waals surface area contributed by atoms with Crippen LogP contribution in [0.5, 0.6) is 0 Å². The molecule has 1 N–H and O–H groups in total. The molecule has 106 valence electrons. The smallest absolute Gasteiger partial charge is 0.313 e. The molecule has 1 rings (SSSR count). The Hall–Kier alpha value is -2.35. The normalized spacial score (nSPS) is 10.6. The summed E-state index contributed by atoms with van der Waals surface area (Å²) in [6.45, 7) is 7.93. The van der Waals surface area contributed by atoms with E-state index in [0.29, 0.717) is 17.8 Å². The second kappa shape index (κ2) is 6.20. The van der Waals surface area contributed by atoms with Crippen molar-refractivity contribution in [1.82, 2.24) is 4.90 Å². The fraction of sp³-hybridized carbons (Fsp3) is 0.400. The minimum Gasteiger partial charge on any atom is -0.330 e. The Labute approximate surface area is 119 Å². The molecule has 0 aliphatic heterocycles. The Morgan fingerprint density at radius 2 is 1.80 bits per heavy atom. The number of rotatable bonds is 2. The molecule has 5 heteroatoms. The third-order valence-electron chi connectivity index (χ3n) is 2.84. The van der Waals surface area contributed by atoms with E-state index >= 15 is 0 Å². The molecule has 0 saturated heterocycles. The number of likely N-dealkylation sites (N-methyl/N-ethyl adjacent to an activating group) is 1. The fourth-order valence-electron chi connectivity index (χ4n) is 1.86. The van der Waals surface area contributed by atoms with Gasteiger partial charge in [-0.2, -0.15) is 5.26 Å². The number of carbonyl (C=O) groups is 2. The highest BCUT2D eigenvalue weighted by Gasteiger charge is 2.29. The summed E-state index contributed by atoms with van der Waals surface area (Å²) in [5.41, 5.74) is 0.583. The predicted octanol–water partition coefficient (Wildman–Crippen LogP) is 2.14. The van der Waals surface area contributed by atoms with E-state index < -0.39 is 17.4 Å². The van der Waals surface area contributed by atoms with Gasteiger partial charge in [-0.3, -0.25) is 9.59 Å². The van der Waals surface area contributed by atoms with Crippen LogP contribution in [0.15, 0.2) is 24.3 Å². The number of amides is 2. The molecular weight excluding hydrogens is 254 g/mol. The average molecular weight is 273 g/mol. The van der Waals surface area contributed by atoms with Gasteiger partial charge < -0.3 is 10.2 Å². The monoisotopic (exact) mass is 273 g/mol. The van der Waals surface area contributed by atoms with Gasteiger partial charge in [-0.25, -0.2) is 0 Å². The standard InChI is InChI=1S/C15H19N3O2/c1-5-18(15(2,3)4)14(20)13(19)17-12-8-6-11(10-16)7-9-12/h6-9H,5H2,1-4H3,(H,17,19). The van der Waals surface area contributed by atoms with E-state index in [0.717, 1.165) is 0 Å². The molecule has 1 aromatic rings. The minimum atomic E-state index is -0.675. The Morgan fingerprint density at radius 1 is 1.25 bits per heavy atom. The third kappa shape index (κ3) is 3.82. The molecule has 0 saturated carbocycles. The first kappa shape index (κ1) is 15.7. The lowest BCUT2D eigenvalue weighted by Crippen LogP contribution is -2.49. The van der Waals surface area contributed by atoms with Crippen molar-refractivity contribution < 1.29 is 9.59 Å². The van der Waals surface area contributed by atoms with Crippen LogP contribution >= 0.6 is 0 Å². The van der Waals surface area contributed by atoms with Crippen molar-refractivity contribution in [1.29, 1.82) is 5.26 Å². The lowest BCUT2D eigenvalue weighted by molar-refractivity contribution is -0.146. The van der Waals surface area contributed by atoms with Crippen molar-refractivity contribution in [2.24, 2.45) is 0 Å². The summed E-state index contributed by atoms with van der Waals surface area (Å²) >= 11 is 0. The summed E-state index contributed by atoms with van der Waals surface area (Å²) in [4.78, 5) is 25.6. The van der Waals surface area contributed by atoms with Crippen LogP contribution in [0.2, 0.25) is 0 Å². The second-order valence-electron chi connectivity index (χ2n) is 5.36. The van der Waals surface area contributed by atoms with Gasteiger partial charge in [0.15, 0.2) is 0 Å². The van der Waals surface area contributed by atoms with E-state index in [1.165, 1.54) is 4.90 Å². The van der Waals surface area contributed by atoms with Gasteiger partial charge in [0, 0.05) is 17.8 Å². The van der Waals surface area contributed by atoms with Crippen molar-refractivity contribution in [3.8, 4) is 6.07 Å². The van der Waals surface area contributed by atoms with Crippen LogP contribution in [0.1, 0.15) is 33.3 Å². The molecule has 1 aromatic carbocycles. The fourth-order valence-corrected chi connectivity index (χ4v) is 1.86. The molecule has 0 fully saturated rings. The van der Waals surface area contributed by atoms with Gasteiger partial charge in [0.05, 0.1) is 11.6 Å².